The maximum Gasteiger partial charge on any atom is 0.317 e. The van der Waals surface area contributed by atoms with Gasteiger partial charge in [-0.05, 0) is 25.7 Å². The third kappa shape index (κ3) is 5.07. The summed E-state index contributed by atoms with van der Waals surface area (Å²) in [6.07, 6.45) is 2.84. The minimum absolute atomic E-state index is 0.0283. The van der Waals surface area contributed by atoms with Crippen LogP contribution in [0.5, 0.6) is 0 Å². The number of carboxylic acid groups (broad SMARTS) is 1. The van der Waals surface area contributed by atoms with Gasteiger partial charge in [-0.1, -0.05) is 0 Å². The third-order valence-corrected chi connectivity index (χ3v) is 3.70. The Hall–Kier alpha value is -1.79. The summed E-state index contributed by atoms with van der Waals surface area (Å²) in [6, 6.07) is -0.187. The fraction of sp³-hybridized carbons (Fsp3) is 0.769. The molecule has 1 saturated carbocycles. The van der Waals surface area contributed by atoms with E-state index in [0.29, 0.717) is 32.2 Å². The van der Waals surface area contributed by atoms with Crippen molar-refractivity contribution in [3.05, 3.63) is 0 Å². The number of amides is 3. The number of carbonyl (C=O) groups excluding carboxylic acids is 2. The van der Waals surface area contributed by atoms with Gasteiger partial charge in [-0.25, -0.2) is 4.79 Å². The van der Waals surface area contributed by atoms with E-state index < -0.39 is 5.97 Å². The lowest BCUT2D eigenvalue weighted by molar-refractivity contribution is -0.142. The molecule has 20 heavy (non-hydrogen) atoms. The van der Waals surface area contributed by atoms with Gasteiger partial charge in [-0.2, -0.15) is 0 Å². The number of carbonyl (C=O) groups is 3. The molecule has 0 spiro atoms. The van der Waals surface area contributed by atoms with Crippen LogP contribution in [0, 0.1) is 5.92 Å². The first-order valence-corrected chi connectivity index (χ1v) is 6.89. The van der Waals surface area contributed by atoms with Crippen molar-refractivity contribution in [2.75, 3.05) is 20.6 Å². The Labute approximate surface area is 118 Å². The zero-order chi connectivity index (χ0) is 15.1. The van der Waals surface area contributed by atoms with Gasteiger partial charge in [-0.15, -0.1) is 0 Å². The van der Waals surface area contributed by atoms with Crippen molar-refractivity contribution in [2.24, 2.45) is 5.92 Å². The van der Waals surface area contributed by atoms with E-state index in [-0.39, 0.29) is 30.3 Å². The molecular weight excluding hydrogens is 262 g/mol. The fourth-order valence-corrected chi connectivity index (χ4v) is 2.27. The number of hydrogen-bond acceptors (Lipinski definition) is 3. The van der Waals surface area contributed by atoms with E-state index in [0.717, 1.165) is 0 Å². The average molecular weight is 285 g/mol. The predicted octanol–water partition coefficient (Wildman–Crippen LogP) is 0.407. The minimum atomic E-state index is -0.752. The van der Waals surface area contributed by atoms with Crippen LogP contribution in [0.25, 0.3) is 0 Å². The number of carboxylic acids is 1. The highest BCUT2D eigenvalue weighted by atomic mass is 16.4. The van der Waals surface area contributed by atoms with Crippen molar-refractivity contribution in [3.8, 4) is 0 Å². The Morgan fingerprint density at radius 1 is 1.20 bits per heavy atom. The summed E-state index contributed by atoms with van der Waals surface area (Å²) in [4.78, 5) is 35.3. The summed E-state index contributed by atoms with van der Waals surface area (Å²) in [5.41, 5.74) is 0. The Bertz CT molecular complexity index is 365. The van der Waals surface area contributed by atoms with Crippen LogP contribution >= 0.6 is 0 Å². The van der Waals surface area contributed by atoms with Gasteiger partial charge in [0.25, 0.3) is 0 Å². The van der Waals surface area contributed by atoms with Crippen LogP contribution in [0.2, 0.25) is 0 Å². The van der Waals surface area contributed by atoms with Gasteiger partial charge in [0, 0.05) is 33.1 Å². The maximum atomic E-state index is 11.9. The van der Waals surface area contributed by atoms with Crippen molar-refractivity contribution in [1.29, 1.82) is 0 Å². The molecule has 0 unspecified atom stereocenters. The molecule has 1 aliphatic rings. The lowest BCUT2D eigenvalue weighted by Crippen LogP contribution is -2.45. The smallest absolute Gasteiger partial charge is 0.317 e. The summed E-state index contributed by atoms with van der Waals surface area (Å²) < 4.78 is 0. The van der Waals surface area contributed by atoms with E-state index in [1.165, 1.54) is 4.90 Å². The van der Waals surface area contributed by atoms with Gasteiger partial charge in [-0.3, -0.25) is 9.59 Å². The molecule has 0 aromatic rings. The molecule has 1 fully saturated rings. The van der Waals surface area contributed by atoms with Gasteiger partial charge in [0.15, 0.2) is 0 Å². The molecule has 7 heteroatoms. The molecule has 0 aromatic carbocycles. The van der Waals surface area contributed by atoms with Crippen LogP contribution in [0.15, 0.2) is 0 Å². The number of hydrogen-bond donors (Lipinski definition) is 3. The number of rotatable bonds is 5. The Morgan fingerprint density at radius 3 is 2.30 bits per heavy atom. The van der Waals surface area contributed by atoms with E-state index in [9.17, 15) is 14.4 Å². The molecule has 0 aliphatic heterocycles. The number of nitrogens with zero attached hydrogens (tertiary/aromatic N) is 1. The number of aliphatic carboxylic acids is 1. The summed E-state index contributed by atoms with van der Waals surface area (Å²) >= 11 is 0. The maximum absolute atomic E-state index is 11.9. The second-order valence-electron chi connectivity index (χ2n) is 5.18. The van der Waals surface area contributed by atoms with Crippen LogP contribution < -0.4 is 10.6 Å². The molecular formula is C13H23N3O4. The second kappa shape index (κ2) is 7.72. The highest BCUT2D eigenvalue weighted by molar-refractivity contribution is 5.78. The summed E-state index contributed by atoms with van der Waals surface area (Å²) in [5.74, 6) is -1.14. The van der Waals surface area contributed by atoms with Gasteiger partial charge < -0.3 is 20.6 Å². The summed E-state index contributed by atoms with van der Waals surface area (Å²) in [5, 5.41) is 14.3. The van der Waals surface area contributed by atoms with Crippen LogP contribution in [-0.4, -0.2) is 54.6 Å². The number of nitrogens with one attached hydrogen (secondary N) is 2. The topological polar surface area (TPSA) is 98.7 Å². The molecule has 7 nitrogen and oxygen atoms in total. The van der Waals surface area contributed by atoms with E-state index in [1.807, 2.05) is 0 Å². The van der Waals surface area contributed by atoms with Crippen LogP contribution in [0.3, 0.4) is 0 Å². The van der Waals surface area contributed by atoms with Gasteiger partial charge >= 0.3 is 12.0 Å². The molecule has 1 aliphatic carbocycles. The monoisotopic (exact) mass is 285 g/mol. The normalized spacial score (nSPS) is 21.9. The third-order valence-electron chi connectivity index (χ3n) is 3.70. The first kappa shape index (κ1) is 16.3. The Balaban J connectivity index is 2.29. The number of urea groups is 1. The largest absolute Gasteiger partial charge is 0.481 e. The molecule has 3 amide bonds. The average Bonchev–Trinajstić information content (AvgIpc) is 2.44. The molecule has 0 heterocycles. The van der Waals surface area contributed by atoms with Gasteiger partial charge in [0.1, 0.15) is 0 Å². The van der Waals surface area contributed by atoms with Crippen LogP contribution in [-0.2, 0) is 9.59 Å². The zero-order valence-electron chi connectivity index (χ0n) is 12.0. The van der Waals surface area contributed by atoms with Crippen molar-refractivity contribution in [2.45, 2.75) is 38.1 Å². The molecule has 0 atom stereocenters. The predicted molar refractivity (Wildman–Crippen MR) is 73.2 cm³/mol. The first-order chi connectivity index (χ1) is 9.43. The van der Waals surface area contributed by atoms with E-state index in [2.05, 4.69) is 10.6 Å². The summed E-state index contributed by atoms with van der Waals surface area (Å²) in [6.45, 7) is 0.357. The molecule has 3 N–H and O–H groups in total. The van der Waals surface area contributed by atoms with Crippen molar-refractivity contribution < 1.29 is 19.5 Å². The Morgan fingerprint density at radius 2 is 1.80 bits per heavy atom. The fourth-order valence-electron chi connectivity index (χ4n) is 2.27. The van der Waals surface area contributed by atoms with E-state index in [1.54, 1.807) is 14.1 Å². The standard InChI is InChI=1S/C13H23N3O4/c1-14-11(17)7-8-16(2)13(20)15-10-5-3-9(4-6-10)12(18)19/h9-10H,3-8H2,1-2H3,(H,14,17)(H,15,20)(H,18,19). The molecule has 0 saturated heterocycles. The van der Waals surface area contributed by atoms with E-state index >= 15 is 0 Å². The SMILES string of the molecule is CNC(=O)CCN(C)C(=O)NC1CCC(C(=O)O)CC1. The molecule has 1 rings (SSSR count). The van der Waals surface area contributed by atoms with Crippen LogP contribution in [0.1, 0.15) is 32.1 Å². The molecule has 114 valence electrons. The molecule has 0 aromatic heterocycles. The first-order valence-electron chi connectivity index (χ1n) is 6.89. The lowest BCUT2D eigenvalue weighted by atomic mass is 9.86. The van der Waals surface area contributed by atoms with Crippen molar-refractivity contribution >= 4 is 17.9 Å². The summed E-state index contributed by atoms with van der Waals surface area (Å²) in [7, 11) is 3.20. The van der Waals surface area contributed by atoms with Crippen molar-refractivity contribution in [1.82, 2.24) is 15.5 Å². The Kier molecular flexibility index (Phi) is 6.27. The molecule has 0 bridgehead atoms. The lowest BCUT2D eigenvalue weighted by Gasteiger charge is -2.28. The highest BCUT2D eigenvalue weighted by Crippen LogP contribution is 2.24. The van der Waals surface area contributed by atoms with Gasteiger partial charge in [0.2, 0.25) is 5.91 Å². The minimum Gasteiger partial charge on any atom is -0.481 e. The quantitative estimate of drug-likeness (QED) is 0.681. The highest BCUT2D eigenvalue weighted by Gasteiger charge is 2.27. The van der Waals surface area contributed by atoms with Gasteiger partial charge in [0.05, 0.1) is 5.92 Å². The molecule has 0 radical (unpaired) electrons. The van der Waals surface area contributed by atoms with Crippen molar-refractivity contribution in [3.63, 3.8) is 0 Å². The van der Waals surface area contributed by atoms with E-state index in [4.69, 9.17) is 5.11 Å². The second-order valence-corrected chi connectivity index (χ2v) is 5.18. The van der Waals surface area contributed by atoms with Crippen LogP contribution in [0.4, 0.5) is 4.79 Å². The zero-order valence-corrected chi connectivity index (χ0v) is 12.0.